The van der Waals surface area contributed by atoms with Crippen LogP contribution in [0.5, 0.6) is 5.75 Å². The van der Waals surface area contributed by atoms with E-state index in [1.54, 1.807) is 48.5 Å². The lowest BCUT2D eigenvalue weighted by Crippen LogP contribution is -2.54. The molecule has 0 aliphatic rings. The zero-order chi connectivity index (χ0) is 29.3. The number of anilines is 1. The van der Waals surface area contributed by atoms with Crippen molar-refractivity contribution in [2.75, 3.05) is 24.2 Å². The molecule has 8 nitrogen and oxygen atoms in total. The number of methoxy groups -OCH3 is 1. The van der Waals surface area contributed by atoms with Gasteiger partial charge in [0.25, 0.3) is 0 Å². The highest BCUT2D eigenvalue weighted by Gasteiger charge is 2.33. The molecule has 0 radical (unpaired) electrons. The van der Waals surface area contributed by atoms with E-state index in [4.69, 9.17) is 16.3 Å². The molecule has 3 aromatic carbocycles. The third-order valence-corrected chi connectivity index (χ3v) is 8.12. The number of amides is 2. The zero-order valence-electron chi connectivity index (χ0n) is 23.2. The van der Waals surface area contributed by atoms with Gasteiger partial charge in [-0.2, -0.15) is 0 Å². The van der Waals surface area contributed by atoms with Crippen LogP contribution in [-0.2, 0) is 32.6 Å². The molecule has 10 heteroatoms. The Morgan fingerprint density at radius 2 is 1.60 bits per heavy atom. The third-order valence-electron chi connectivity index (χ3n) is 6.61. The molecule has 0 bridgehead atoms. The molecule has 0 heterocycles. The lowest BCUT2D eigenvalue weighted by molar-refractivity contribution is -0.140. The summed E-state index contributed by atoms with van der Waals surface area (Å²) in [5, 5.41) is 3.44. The monoisotopic (exact) mass is 585 g/mol. The summed E-state index contributed by atoms with van der Waals surface area (Å²) in [5.41, 5.74) is 1.80. The van der Waals surface area contributed by atoms with Crippen molar-refractivity contribution in [1.82, 2.24) is 10.2 Å². The number of nitrogens with one attached hydrogen (secondary N) is 1. The van der Waals surface area contributed by atoms with Gasteiger partial charge in [-0.25, -0.2) is 8.42 Å². The molecule has 3 aromatic rings. The molecule has 0 saturated heterocycles. The van der Waals surface area contributed by atoms with Crippen molar-refractivity contribution in [3.05, 3.63) is 95.0 Å². The minimum absolute atomic E-state index is 0.0180. The van der Waals surface area contributed by atoms with Crippen LogP contribution in [-0.4, -0.2) is 57.1 Å². The SMILES string of the molecule is CC[C@H](C)NC(=O)[C@@H](Cc1ccccc1)N(Cc1ccccc1Cl)C(=O)CN(c1ccc(OC)cc1)S(C)(=O)=O. The molecule has 0 spiro atoms. The molecule has 214 valence electrons. The second-order valence-electron chi connectivity index (χ2n) is 9.60. The van der Waals surface area contributed by atoms with Crippen LogP contribution in [0.3, 0.4) is 0 Å². The van der Waals surface area contributed by atoms with Crippen LogP contribution in [0, 0.1) is 0 Å². The number of sulfonamides is 1. The second kappa shape index (κ2) is 14.2. The van der Waals surface area contributed by atoms with Crippen molar-refractivity contribution in [2.45, 2.75) is 45.3 Å². The van der Waals surface area contributed by atoms with Crippen molar-refractivity contribution in [3.63, 3.8) is 0 Å². The van der Waals surface area contributed by atoms with E-state index >= 15 is 0 Å². The molecule has 0 fully saturated rings. The minimum Gasteiger partial charge on any atom is -0.497 e. The summed E-state index contributed by atoms with van der Waals surface area (Å²) in [6, 6.07) is 21.8. The highest BCUT2D eigenvalue weighted by Crippen LogP contribution is 2.24. The van der Waals surface area contributed by atoms with Gasteiger partial charge in [0.2, 0.25) is 21.8 Å². The molecule has 2 amide bonds. The number of hydrogen-bond acceptors (Lipinski definition) is 5. The Bertz CT molecular complexity index is 1380. The number of benzene rings is 3. The average molecular weight is 586 g/mol. The maximum absolute atomic E-state index is 14.1. The Morgan fingerprint density at radius 3 is 2.17 bits per heavy atom. The molecule has 40 heavy (non-hydrogen) atoms. The summed E-state index contributed by atoms with van der Waals surface area (Å²) in [6.07, 6.45) is 1.99. The Kier molecular flexibility index (Phi) is 11.0. The Hall–Kier alpha value is -3.56. The normalized spacial score (nSPS) is 12.7. The topological polar surface area (TPSA) is 96.0 Å². The van der Waals surface area contributed by atoms with Gasteiger partial charge in [0.15, 0.2) is 0 Å². The summed E-state index contributed by atoms with van der Waals surface area (Å²) in [5.74, 6) is -0.316. The Labute approximate surface area is 241 Å². The molecule has 0 aromatic heterocycles. The van der Waals surface area contributed by atoms with E-state index in [9.17, 15) is 18.0 Å². The first-order valence-electron chi connectivity index (χ1n) is 13.0. The molecule has 0 saturated carbocycles. The van der Waals surface area contributed by atoms with Gasteiger partial charge < -0.3 is 15.0 Å². The van der Waals surface area contributed by atoms with Crippen LogP contribution in [0.4, 0.5) is 5.69 Å². The number of halogens is 1. The summed E-state index contributed by atoms with van der Waals surface area (Å²) in [7, 11) is -2.35. The fourth-order valence-electron chi connectivity index (χ4n) is 4.17. The minimum atomic E-state index is -3.86. The molecular weight excluding hydrogens is 550 g/mol. The number of nitrogens with zero attached hydrogens (tertiary/aromatic N) is 2. The number of hydrogen-bond donors (Lipinski definition) is 1. The van der Waals surface area contributed by atoms with Gasteiger partial charge in [-0.1, -0.05) is 67.1 Å². The maximum Gasteiger partial charge on any atom is 0.244 e. The van der Waals surface area contributed by atoms with Gasteiger partial charge in [-0.15, -0.1) is 0 Å². The van der Waals surface area contributed by atoms with Crippen molar-refractivity contribution >= 4 is 39.1 Å². The Morgan fingerprint density at radius 1 is 0.975 bits per heavy atom. The number of rotatable bonds is 13. The summed E-state index contributed by atoms with van der Waals surface area (Å²) in [4.78, 5) is 29.2. The van der Waals surface area contributed by atoms with Gasteiger partial charge >= 0.3 is 0 Å². The lowest BCUT2D eigenvalue weighted by Gasteiger charge is -2.34. The van der Waals surface area contributed by atoms with Crippen LogP contribution in [0.1, 0.15) is 31.4 Å². The van der Waals surface area contributed by atoms with E-state index in [1.165, 1.54) is 12.0 Å². The number of carbonyl (C=O) groups excluding carboxylic acids is 2. The van der Waals surface area contributed by atoms with E-state index < -0.39 is 28.5 Å². The number of ether oxygens (including phenoxy) is 1. The van der Waals surface area contributed by atoms with Crippen LogP contribution in [0.2, 0.25) is 5.02 Å². The molecule has 2 atom stereocenters. The second-order valence-corrected chi connectivity index (χ2v) is 11.9. The molecule has 0 aliphatic carbocycles. The van der Waals surface area contributed by atoms with Gasteiger partial charge in [-0.05, 0) is 54.8 Å². The van der Waals surface area contributed by atoms with Crippen LogP contribution in [0.25, 0.3) is 0 Å². The molecule has 1 N–H and O–H groups in total. The smallest absolute Gasteiger partial charge is 0.244 e. The summed E-state index contributed by atoms with van der Waals surface area (Å²) >= 11 is 6.47. The van der Waals surface area contributed by atoms with Crippen LogP contribution >= 0.6 is 11.6 Å². The quantitative estimate of drug-likeness (QED) is 0.314. The van der Waals surface area contributed by atoms with Crippen molar-refractivity contribution in [1.29, 1.82) is 0 Å². The zero-order valence-corrected chi connectivity index (χ0v) is 24.8. The lowest BCUT2D eigenvalue weighted by atomic mass is 10.0. The molecule has 3 rings (SSSR count). The highest BCUT2D eigenvalue weighted by atomic mass is 35.5. The molecule has 0 unspecified atom stereocenters. The van der Waals surface area contributed by atoms with Gasteiger partial charge in [-0.3, -0.25) is 13.9 Å². The fourth-order valence-corrected chi connectivity index (χ4v) is 5.21. The third kappa shape index (κ3) is 8.47. The predicted octanol–water partition coefficient (Wildman–Crippen LogP) is 4.67. The summed E-state index contributed by atoms with van der Waals surface area (Å²) < 4.78 is 31.9. The predicted molar refractivity (Wildman–Crippen MR) is 159 cm³/mol. The number of carbonyl (C=O) groups is 2. The van der Waals surface area contributed by atoms with Crippen LogP contribution in [0.15, 0.2) is 78.9 Å². The van der Waals surface area contributed by atoms with Crippen LogP contribution < -0.4 is 14.4 Å². The molecular formula is C30H36ClN3O5S. The maximum atomic E-state index is 14.1. The van der Waals surface area contributed by atoms with E-state index in [0.717, 1.165) is 16.1 Å². The largest absolute Gasteiger partial charge is 0.497 e. The average Bonchev–Trinajstić information content (AvgIpc) is 2.94. The fraction of sp³-hybridized carbons (Fsp3) is 0.333. The van der Waals surface area contributed by atoms with Crippen molar-refractivity contribution in [3.8, 4) is 5.75 Å². The first-order chi connectivity index (χ1) is 19.0. The first kappa shape index (κ1) is 31.0. The Balaban J connectivity index is 2.06. The summed E-state index contributed by atoms with van der Waals surface area (Å²) in [6.45, 7) is 3.37. The van der Waals surface area contributed by atoms with E-state index in [-0.39, 0.29) is 24.9 Å². The van der Waals surface area contributed by atoms with E-state index in [0.29, 0.717) is 28.4 Å². The van der Waals surface area contributed by atoms with E-state index in [2.05, 4.69) is 5.32 Å². The van der Waals surface area contributed by atoms with Crippen molar-refractivity contribution in [2.24, 2.45) is 0 Å². The van der Waals surface area contributed by atoms with Gasteiger partial charge in [0.05, 0.1) is 19.1 Å². The van der Waals surface area contributed by atoms with Gasteiger partial charge in [0, 0.05) is 24.0 Å². The molecule has 0 aliphatic heterocycles. The van der Waals surface area contributed by atoms with E-state index in [1.807, 2.05) is 44.2 Å². The van der Waals surface area contributed by atoms with Gasteiger partial charge in [0.1, 0.15) is 18.3 Å². The standard InChI is InChI=1S/C30H36ClN3O5S/c1-5-22(2)32-30(36)28(19-23-11-7-6-8-12-23)33(20-24-13-9-10-14-27(24)31)29(35)21-34(40(4,37)38)25-15-17-26(39-3)18-16-25/h6-18,22,28H,5,19-21H2,1-4H3,(H,32,36)/t22-,28+/m0/s1. The van der Waals surface area contributed by atoms with Crippen molar-refractivity contribution < 1.29 is 22.7 Å². The first-order valence-corrected chi connectivity index (χ1v) is 15.2. The highest BCUT2D eigenvalue weighted by molar-refractivity contribution is 7.92.